The number of benzene rings is 1. The standard InChI is InChI=1S/C18H28N2/c1-15(2)11-13-20-14-18(4,19-12-10-16(20)3)17-8-6-5-7-9-17/h5-9,11,16,19H,10,12-14H2,1-4H3. The van der Waals surface area contributed by atoms with Crippen molar-refractivity contribution in [1.82, 2.24) is 10.2 Å². The van der Waals surface area contributed by atoms with Crippen LogP contribution < -0.4 is 5.32 Å². The zero-order valence-electron chi connectivity index (χ0n) is 13.3. The minimum Gasteiger partial charge on any atom is -0.306 e. The molecule has 1 aromatic rings. The molecule has 2 nitrogen and oxygen atoms in total. The van der Waals surface area contributed by atoms with Gasteiger partial charge in [-0.15, -0.1) is 0 Å². The molecule has 110 valence electrons. The highest BCUT2D eigenvalue weighted by Gasteiger charge is 2.32. The third-order valence-corrected chi connectivity index (χ3v) is 4.36. The van der Waals surface area contributed by atoms with Crippen LogP contribution in [0.1, 0.15) is 39.7 Å². The minimum atomic E-state index is 0.0432. The van der Waals surface area contributed by atoms with Crippen molar-refractivity contribution >= 4 is 0 Å². The van der Waals surface area contributed by atoms with E-state index in [2.05, 4.69) is 74.3 Å². The van der Waals surface area contributed by atoms with E-state index in [1.807, 2.05) is 0 Å². The summed E-state index contributed by atoms with van der Waals surface area (Å²) >= 11 is 0. The fourth-order valence-corrected chi connectivity index (χ4v) is 2.90. The molecule has 1 fully saturated rings. The predicted octanol–water partition coefficient (Wildman–Crippen LogP) is 3.55. The number of hydrogen-bond donors (Lipinski definition) is 1. The Morgan fingerprint density at radius 1 is 1.35 bits per heavy atom. The van der Waals surface area contributed by atoms with Crippen molar-refractivity contribution in [2.45, 2.75) is 45.7 Å². The lowest BCUT2D eigenvalue weighted by atomic mass is 9.91. The minimum absolute atomic E-state index is 0.0432. The van der Waals surface area contributed by atoms with Crippen LogP contribution in [0.4, 0.5) is 0 Å². The van der Waals surface area contributed by atoms with Crippen molar-refractivity contribution in [2.24, 2.45) is 0 Å². The second-order valence-electron chi connectivity index (χ2n) is 6.47. The Bertz CT molecular complexity index is 448. The molecule has 0 bridgehead atoms. The Balaban J connectivity index is 2.20. The lowest BCUT2D eigenvalue weighted by Crippen LogP contribution is -2.47. The molecule has 1 aliphatic heterocycles. The fourth-order valence-electron chi connectivity index (χ4n) is 2.90. The molecular weight excluding hydrogens is 244 g/mol. The zero-order chi connectivity index (χ0) is 14.6. The molecule has 2 atom stereocenters. The highest BCUT2D eigenvalue weighted by Crippen LogP contribution is 2.26. The largest absolute Gasteiger partial charge is 0.306 e. The van der Waals surface area contributed by atoms with Crippen LogP contribution in [0.2, 0.25) is 0 Å². The van der Waals surface area contributed by atoms with E-state index in [9.17, 15) is 0 Å². The highest BCUT2D eigenvalue weighted by atomic mass is 15.2. The summed E-state index contributed by atoms with van der Waals surface area (Å²) < 4.78 is 0. The molecule has 1 aliphatic rings. The van der Waals surface area contributed by atoms with E-state index in [-0.39, 0.29) is 5.54 Å². The van der Waals surface area contributed by atoms with Crippen molar-refractivity contribution in [2.75, 3.05) is 19.6 Å². The summed E-state index contributed by atoms with van der Waals surface area (Å²) in [6.45, 7) is 12.2. The first-order chi connectivity index (χ1) is 9.51. The molecule has 0 amide bonds. The summed E-state index contributed by atoms with van der Waals surface area (Å²) in [7, 11) is 0. The van der Waals surface area contributed by atoms with Gasteiger partial charge in [-0.1, -0.05) is 42.0 Å². The quantitative estimate of drug-likeness (QED) is 0.847. The van der Waals surface area contributed by atoms with Crippen LogP contribution in [0.25, 0.3) is 0 Å². The van der Waals surface area contributed by atoms with E-state index in [1.54, 1.807) is 0 Å². The van der Waals surface area contributed by atoms with Crippen LogP contribution in [-0.4, -0.2) is 30.6 Å². The van der Waals surface area contributed by atoms with Crippen LogP contribution in [-0.2, 0) is 5.54 Å². The van der Waals surface area contributed by atoms with Gasteiger partial charge in [0.1, 0.15) is 0 Å². The van der Waals surface area contributed by atoms with Gasteiger partial charge in [0.15, 0.2) is 0 Å². The van der Waals surface area contributed by atoms with Gasteiger partial charge in [0.05, 0.1) is 5.54 Å². The lowest BCUT2D eigenvalue weighted by Gasteiger charge is -2.35. The van der Waals surface area contributed by atoms with Crippen LogP contribution in [0.5, 0.6) is 0 Å². The number of rotatable bonds is 3. The second kappa shape index (κ2) is 6.55. The zero-order valence-corrected chi connectivity index (χ0v) is 13.3. The van der Waals surface area contributed by atoms with Gasteiger partial charge in [-0.25, -0.2) is 0 Å². The molecule has 20 heavy (non-hydrogen) atoms. The van der Waals surface area contributed by atoms with Crippen molar-refractivity contribution in [3.05, 3.63) is 47.5 Å². The average Bonchev–Trinajstić information content (AvgIpc) is 2.58. The molecule has 1 N–H and O–H groups in total. The van der Waals surface area contributed by atoms with E-state index in [4.69, 9.17) is 0 Å². The lowest BCUT2D eigenvalue weighted by molar-refractivity contribution is 0.192. The topological polar surface area (TPSA) is 15.3 Å². The normalized spacial score (nSPS) is 27.9. The molecule has 0 spiro atoms. The van der Waals surface area contributed by atoms with Gasteiger partial charge in [0, 0.05) is 19.1 Å². The maximum Gasteiger partial charge on any atom is 0.0535 e. The summed E-state index contributed by atoms with van der Waals surface area (Å²) in [6.07, 6.45) is 3.55. The van der Waals surface area contributed by atoms with Crippen LogP contribution in [0, 0.1) is 0 Å². The first-order valence-electron chi connectivity index (χ1n) is 7.69. The van der Waals surface area contributed by atoms with E-state index >= 15 is 0 Å². The maximum atomic E-state index is 3.76. The van der Waals surface area contributed by atoms with Crippen molar-refractivity contribution in [3.8, 4) is 0 Å². The Morgan fingerprint density at radius 2 is 2.05 bits per heavy atom. The van der Waals surface area contributed by atoms with Crippen molar-refractivity contribution < 1.29 is 0 Å². The third kappa shape index (κ3) is 3.71. The number of hydrogen-bond acceptors (Lipinski definition) is 2. The second-order valence-corrected chi connectivity index (χ2v) is 6.47. The molecule has 2 unspecified atom stereocenters. The molecule has 2 rings (SSSR count). The van der Waals surface area contributed by atoms with Gasteiger partial charge >= 0.3 is 0 Å². The van der Waals surface area contributed by atoms with Crippen molar-refractivity contribution in [3.63, 3.8) is 0 Å². The highest BCUT2D eigenvalue weighted by molar-refractivity contribution is 5.24. The first kappa shape index (κ1) is 15.3. The average molecular weight is 272 g/mol. The summed E-state index contributed by atoms with van der Waals surface area (Å²) in [6, 6.07) is 11.5. The molecular formula is C18H28N2. The van der Waals surface area contributed by atoms with E-state index in [1.165, 1.54) is 17.6 Å². The van der Waals surface area contributed by atoms with Crippen molar-refractivity contribution in [1.29, 1.82) is 0 Å². The smallest absolute Gasteiger partial charge is 0.0535 e. The van der Waals surface area contributed by atoms with E-state index < -0.39 is 0 Å². The van der Waals surface area contributed by atoms with Gasteiger partial charge in [-0.05, 0) is 46.2 Å². The van der Waals surface area contributed by atoms with Gasteiger partial charge in [-0.3, -0.25) is 4.90 Å². The molecule has 0 aliphatic carbocycles. The van der Waals surface area contributed by atoms with E-state index in [0.29, 0.717) is 6.04 Å². The Kier molecular flexibility index (Phi) is 5.00. The molecule has 0 saturated carbocycles. The van der Waals surface area contributed by atoms with Gasteiger partial charge in [-0.2, -0.15) is 0 Å². The Hall–Kier alpha value is -1.12. The SMILES string of the molecule is CC(C)=CCN1CC(C)(c2ccccc2)NCCC1C. The Labute approximate surface area is 123 Å². The predicted molar refractivity (Wildman–Crippen MR) is 86.9 cm³/mol. The molecule has 0 radical (unpaired) electrons. The first-order valence-corrected chi connectivity index (χ1v) is 7.69. The van der Waals surface area contributed by atoms with Gasteiger partial charge in [0.2, 0.25) is 0 Å². The van der Waals surface area contributed by atoms with E-state index in [0.717, 1.165) is 19.6 Å². The van der Waals surface area contributed by atoms with Crippen LogP contribution in [0.3, 0.4) is 0 Å². The summed E-state index contributed by atoms with van der Waals surface area (Å²) in [5, 5.41) is 3.76. The number of nitrogens with one attached hydrogen (secondary N) is 1. The molecule has 2 heteroatoms. The van der Waals surface area contributed by atoms with Crippen LogP contribution >= 0.6 is 0 Å². The van der Waals surface area contributed by atoms with Gasteiger partial charge in [0.25, 0.3) is 0 Å². The maximum absolute atomic E-state index is 3.76. The number of allylic oxidation sites excluding steroid dienone is 1. The summed E-state index contributed by atoms with van der Waals surface area (Å²) in [5.74, 6) is 0. The third-order valence-electron chi connectivity index (χ3n) is 4.36. The van der Waals surface area contributed by atoms with Gasteiger partial charge < -0.3 is 5.32 Å². The van der Waals surface area contributed by atoms with Crippen LogP contribution in [0.15, 0.2) is 42.0 Å². The Morgan fingerprint density at radius 3 is 2.70 bits per heavy atom. The summed E-state index contributed by atoms with van der Waals surface area (Å²) in [5.41, 5.74) is 2.83. The number of nitrogens with zero attached hydrogens (tertiary/aromatic N) is 1. The molecule has 1 aromatic carbocycles. The molecule has 1 heterocycles. The molecule has 0 aromatic heterocycles. The monoisotopic (exact) mass is 272 g/mol. The fraction of sp³-hybridized carbons (Fsp3) is 0.556. The summed E-state index contributed by atoms with van der Waals surface area (Å²) in [4.78, 5) is 2.60. The molecule has 1 saturated heterocycles.